The van der Waals surface area contributed by atoms with Crippen LogP contribution in [0.3, 0.4) is 0 Å². The molecule has 2 aromatic carbocycles. The third kappa shape index (κ3) is 4.65. The van der Waals surface area contributed by atoms with Crippen LogP contribution in [0.1, 0.15) is 27.2 Å². The summed E-state index contributed by atoms with van der Waals surface area (Å²) in [5, 5.41) is 5.23. The van der Waals surface area contributed by atoms with Gasteiger partial charge < -0.3 is 15.0 Å². The molecule has 29 heavy (non-hydrogen) atoms. The van der Waals surface area contributed by atoms with E-state index in [1.165, 1.54) is 10.8 Å². The van der Waals surface area contributed by atoms with Crippen molar-refractivity contribution >= 4 is 22.8 Å². The molecule has 4 rings (SSSR count). The van der Waals surface area contributed by atoms with Gasteiger partial charge in [0, 0.05) is 30.3 Å². The van der Waals surface area contributed by atoms with Gasteiger partial charge in [-0.3, -0.25) is 0 Å². The van der Waals surface area contributed by atoms with E-state index in [0.29, 0.717) is 12.5 Å². The first-order valence-corrected chi connectivity index (χ1v) is 9.93. The molecule has 1 fully saturated rings. The van der Waals surface area contributed by atoms with Crippen LogP contribution in [0.25, 0.3) is 22.0 Å². The van der Waals surface area contributed by atoms with E-state index in [1.807, 2.05) is 39.0 Å². The first-order valence-electron chi connectivity index (χ1n) is 9.93. The van der Waals surface area contributed by atoms with Gasteiger partial charge in [0.2, 0.25) is 5.95 Å². The normalized spacial score (nSPS) is 16.8. The number of benzene rings is 2. The van der Waals surface area contributed by atoms with Crippen molar-refractivity contribution in [3.8, 4) is 11.3 Å². The van der Waals surface area contributed by atoms with Crippen LogP contribution in [0.15, 0.2) is 54.7 Å². The number of hydrogen-bond acceptors (Lipinski definition) is 5. The van der Waals surface area contributed by atoms with Crippen molar-refractivity contribution in [3.05, 3.63) is 54.7 Å². The Morgan fingerprint density at radius 2 is 1.93 bits per heavy atom. The summed E-state index contributed by atoms with van der Waals surface area (Å²) < 4.78 is 5.55. The molecule has 6 nitrogen and oxygen atoms in total. The monoisotopic (exact) mass is 390 g/mol. The van der Waals surface area contributed by atoms with Gasteiger partial charge in [-0.05, 0) is 43.7 Å². The fraction of sp³-hybridized carbons (Fsp3) is 0.348. The molecule has 0 unspecified atom stereocenters. The van der Waals surface area contributed by atoms with Gasteiger partial charge in [-0.15, -0.1) is 0 Å². The van der Waals surface area contributed by atoms with Gasteiger partial charge in [-0.25, -0.2) is 14.8 Å². The number of alkyl carbamates (subject to hydrolysis) is 1. The standard InChI is InChI=1S/C23H26N4O2/c1-23(2,3)26-22(28)29-19-11-13-27(15-19)21-24-12-10-20(25-21)18-9-8-16-6-4-5-7-17(16)14-18/h4-10,12,14,19H,11,13,15H2,1-3H3,(H,26,28)/t19-/m0/s1. The van der Waals surface area contributed by atoms with Crippen molar-refractivity contribution in [3.63, 3.8) is 0 Å². The van der Waals surface area contributed by atoms with E-state index in [-0.39, 0.29) is 17.7 Å². The fourth-order valence-corrected chi connectivity index (χ4v) is 3.50. The predicted molar refractivity (Wildman–Crippen MR) is 115 cm³/mol. The minimum Gasteiger partial charge on any atom is -0.444 e. The number of ether oxygens (including phenoxy) is 1. The van der Waals surface area contributed by atoms with Crippen LogP contribution in [-0.4, -0.2) is 40.8 Å². The van der Waals surface area contributed by atoms with Crippen LogP contribution < -0.4 is 10.2 Å². The first-order chi connectivity index (χ1) is 13.9. The van der Waals surface area contributed by atoms with Crippen LogP contribution in [0.2, 0.25) is 0 Å². The summed E-state index contributed by atoms with van der Waals surface area (Å²) in [6.45, 7) is 7.15. The Hall–Kier alpha value is -3.15. The van der Waals surface area contributed by atoms with Gasteiger partial charge in [0.1, 0.15) is 6.10 Å². The lowest BCUT2D eigenvalue weighted by atomic mass is 10.1. The molecule has 1 atom stereocenters. The molecule has 1 aromatic heterocycles. The maximum absolute atomic E-state index is 12.0. The molecule has 0 spiro atoms. The van der Waals surface area contributed by atoms with Gasteiger partial charge in [-0.1, -0.05) is 36.4 Å². The molecule has 150 valence electrons. The number of carbonyl (C=O) groups is 1. The fourth-order valence-electron chi connectivity index (χ4n) is 3.50. The quantitative estimate of drug-likeness (QED) is 0.718. The molecule has 1 amide bonds. The highest BCUT2D eigenvalue weighted by atomic mass is 16.6. The zero-order valence-corrected chi connectivity index (χ0v) is 17.1. The van der Waals surface area contributed by atoms with E-state index < -0.39 is 0 Å². The van der Waals surface area contributed by atoms with E-state index in [9.17, 15) is 4.79 Å². The SMILES string of the molecule is CC(C)(C)NC(=O)O[C@H]1CCN(c2nccc(-c3ccc4ccccc4c3)n2)C1. The van der Waals surface area contributed by atoms with E-state index >= 15 is 0 Å². The first kappa shape index (κ1) is 19.2. The number of carbonyl (C=O) groups excluding carboxylic acids is 1. The summed E-state index contributed by atoms with van der Waals surface area (Å²) in [7, 11) is 0. The smallest absolute Gasteiger partial charge is 0.407 e. The number of anilines is 1. The van der Waals surface area contributed by atoms with Gasteiger partial charge in [0.15, 0.2) is 0 Å². The van der Waals surface area contributed by atoms with Crippen LogP contribution in [-0.2, 0) is 4.74 Å². The highest BCUT2D eigenvalue weighted by molar-refractivity contribution is 5.86. The summed E-state index contributed by atoms with van der Waals surface area (Å²) in [5.74, 6) is 0.665. The molecule has 3 aromatic rings. The largest absolute Gasteiger partial charge is 0.444 e. The van der Waals surface area contributed by atoms with Crippen molar-refractivity contribution in [1.82, 2.24) is 15.3 Å². The highest BCUT2D eigenvalue weighted by Crippen LogP contribution is 2.25. The van der Waals surface area contributed by atoms with Gasteiger partial charge in [-0.2, -0.15) is 0 Å². The molecular formula is C23H26N4O2. The van der Waals surface area contributed by atoms with Crippen molar-refractivity contribution < 1.29 is 9.53 Å². The number of fused-ring (bicyclic) bond motifs is 1. The van der Waals surface area contributed by atoms with Crippen molar-refractivity contribution in [2.75, 3.05) is 18.0 Å². The van der Waals surface area contributed by atoms with Gasteiger partial charge in [0.05, 0.1) is 12.2 Å². The molecule has 1 aliphatic rings. The Kier molecular flexibility index (Phi) is 5.09. The summed E-state index contributed by atoms with van der Waals surface area (Å²) in [5.41, 5.74) is 1.63. The second-order valence-corrected chi connectivity index (χ2v) is 8.44. The Balaban J connectivity index is 1.47. The number of nitrogens with zero attached hydrogens (tertiary/aromatic N) is 3. The summed E-state index contributed by atoms with van der Waals surface area (Å²) in [4.78, 5) is 23.3. The number of rotatable bonds is 3. The molecular weight excluding hydrogens is 364 g/mol. The minimum atomic E-state index is -0.379. The van der Waals surface area contributed by atoms with E-state index in [4.69, 9.17) is 9.72 Å². The molecule has 0 bridgehead atoms. The molecule has 0 saturated carbocycles. The number of aromatic nitrogens is 2. The van der Waals surface area contributed by atoms with E-state index in [0.717, 1.165) is 24.2 Å². The van der Waals surface area contributed by atoms with Crippen LogP contribution >= 0.6 is 0 Å². The molecule has 1 aliphatic heterocycles. The second kappa shape index (κ2) is 7.70. The van der Waals surface area contributed by atoms with Crippen LogP contribution in [0, 0.1) is 0 Å². The second-order valence-electron chi connectivity index (χ2n) is 8.44. The average Bonchev–Trinajstić information content (AvgIpc) is 3.14. The molecule has 6 heteroatoms. The molecule has 0 radical (unpaired) electrons. The summed E-state index contributed by atoms with van der Waals surface area (Å²) in [6, 6.07) is 16.6. The highest BCUT2D eigenvalue weighted by Gasteiger charge is 2.28. The Bertz CT molecular complexity index is 1030. The number of nitrogens with one attached hydrogen (secondary N) is 1. The van der Waals surface area contributed by atoms with E-state index in [1.54, 1.807) is 6.20 Å². The van der Waals surface area contributed by atoms with Crippen LogP contribution in [0.4, 0.5) is 10.7 Å². The third-order valence-electron chi connectivity index (χ3n) is 4.87. The topological polar surface area (TPSA) is 67.3 Å². The summed E-state index contributed by atoms with van der Waals surface area (Å²) >= 11 is 0. The lowest BCUT2D eigenvalue weighted by molar-refractivity contribution is 0.101. The lowest BCUT2D eigenvalue weighted by Gasteiger charge is -2.22. The van der Waals surface area contributed by atoms with Crippen molar-refractivity contribution in [1.29, 1.82) is 0 Å². The maximum atomic E-state index is 12.0. The third-order valence-corrected chi connectivity index (χ3v) is 4.87. The molecule has 2 heterocycles. The molecule has 0 aliphatic carbocycles. The van der Waals surface area contributed by atoms with Gasteiger partial charge >= 0.3 is 6.09 Å². The zero-order chi connectivity index (χ0) is 20.4. The number of amides is 1. The number of hydrogen-bond donors (Lipinski definition) is 1. The Labute approximate surface area is 170 Å². The zero-order valence-electron chi connectivity index (χ0n) is 17.1. The summed E-state index contributed by atoms with van der Waals surface area (Å²) in [6.07, 6.45) is 2.01. The predicted octanol–water partition coefficient (Wildman–Crippen LogP) is 4.40. The average molecular weight is 390 g/mol. The molecule has 1 N–H and O–H groups in total. The van der Waals surface area contributed by atoms with E-state index in [2.05, 4.69) is 45.5 Å². The van der Waals surface area contributed by atoms with Crippen LogP contribution in [0.5, 0.6) is 0 Å². The maximum Gasteiger partial charge on any atom is 0.407 e. The lowest BCUT2D eigenvalue weighted by Crippen LogP contribution is -2.42. The molecule has 1 saturated heterocycles. The Morgan fingerprint density at radius 1 is 1.14 bits per heavy atom. The van der Waals surface area contributed by atoms with Gasteiger partial charge in [0.25, 0.3) is 0 Å². The minimum absolute atomic E-state index is 0.162. The van der Waals surface area contributed by atoms with Crippen molar-refractivity contribution in [2.45, 2.75) is 38.8 Å². The Morgan fingerprint density at radius 3 is 2.72 bits per heavy atom. The van der Waals surface area contributed by atoms with Crippen molar-refractivity contribution in [2.24, 2.45) is 0 Å².